The van der Waals surface area contributed by atoms with Crippen LogP contribution in [-0.4, -0.2) is 0 Å². The molecule has 0 amide bonds. The first-order valence-electron chi connectivity index (χ1n) is 2.57. The molecule has 0 unspecified atom stereocenters. The molecule has 1 rings (SSSR count). The third-order valence-electron chi connectivity index (χ3n) is 1.02. The van der Waals surface area contributed by atoms with Crippen molar-refractivity contribution in [3.05, 3.63) is 31.2 Å². The summed E-state index contributed by atoms with van der Waals surface area (Å²) < 4.78 is 6.00. The predicted molar refractivity (Wildman–Crippen MR) is 45.1 cm³/mol. The monoisotopic (exact) mass is 266 g/mol. The second-order valence-electron chi connectivity index (χ2n) is 1.78. The Kier molecular flexibility index (Phi) is 2.31. The van der Waals surface area contributed by atoms with Crippen molar-refractivity contribution in [1.29, 1.82) is 0 Å². The van der Waals surface area contributed by atoms with Gasteiger partial charge in [-0.05, 0) is 38.8 Å². The normalized spacial score (nSPS) is 9.90. The first-order valence-corrected chi connectivity index (χ1v) is 4.15. The fourth-order valence-corrected chi connectivity index (χ4v) is 1.21. The second kappa shape index (κ2) is 2.88. The molecule has 0 aromatic carbocycles. The summed E-state index contributed by atoms with van der Waals surface area (Å²) in [5.74, 6) is 0.583. The lowest BCUT2D eigenvalue weighted by Crippen LogP contribution is -2.00. The maximum atomic E-state index is 10.9. The van der Waals surface area contributed by atoms with Crippen molar-refractivity contribution < 1.29 is 4.42 Å². The van der Waals surface area contributed by atoms with E-state index in [1.807, 2.05) is 0 Å². The zero-order valence-electron chi connectivity index (χ0n) is 5.15. The minimum absolute atomic E-state index is 0.0735. The van der Waals surface area contributed by atoms with Crippen LogP contribution in [0.5, 0.6) is 0 Å². The molecule has 0 aliphatic heterocycles. The number of aryl methyl sites for hydroxylation is 1. The summed E-state index contributed by atoms with van der Waals surface area (Å²) in [7, 11) is 0. The van der Waals surface area contributed by atoms with Crippen LogP contribution in [-0.2, 0) is 0 Å². The van der Waals surface area contributed by atoms with Crippen LogP contribution < -0.4 is 5.43 Å². The van der Waals surface area contributed by atoms with E-state index in [1.54, 1.807) is 6.92 Å². The molecular formula is C6H4Br2O2. The Morgan fingerprint density at radius 3 is 2.60 bits per heavy atom. The number of halogens is 2. The van der Waals surface area contributed by atoms with E-state index >= 15 is 0 Å². The molecule has 1 aromatic heterocycles. The average molecular weight is 268 g/mol. The Bertz CT molecular complexity index is 303. The Balaban J connectivity index is 3.46. The van der Waals surface area contributed by atoms with Gasteiger partial charge in [-0.25, -0.2) is 0 Å². The van der Waals surface area contributed by atoms with E-state index in [0.717, 1.165) is 0 Å². The van der Waals surface area contributed by atoms with Crippen molar-refractivity contribution in [2.75, 3.05) is 0 Å². The average Bonchev–Trinajstić information content (AvgIpc) is 1.82. The number of hydrogen-bond donors (Lipinski definition) is 0. The molecule has 0 atom stereocenters. The van der Waals surface area contributed by atoms with Crippen molar-refractivity contribution in [3.8, 4) is 0 Å². The van der Waals surface area contributed by atoms with Gasteiger partial charge in [-0.1, -0.05) is 0 Å². The molecule has 0 fully saturated rings. The highest BCUT2D eigenvalue weighted by molar-refractivity contribution is 9.10. The van der Waals surface area contributed by atoms with Gasteiger partial charge in [0.2, 0.25) is 0 Å². The van der Waals surface area contributed by atoms with Crippen LogP contribution in [0.4, 0.5) is 0 Å². The van der Waals surface area contributed by atoms with Crippen molar-refractivity contribution in [2.45, 2.75) is 6.92 Å². The molecule has 54 valence electrons. The van der Waals surface area contributed by atoms with Gasteiger partial charge in [-0.15, -0.1) is 0 Å². The van der Waals surface area contributed by atoms with E-state index in [2.05, 4.69) is 31.9 Å². The zero-order chi connectivity index (χ0) is 7.72. The lowest BCUT2D eigenvalue weighted by molar-refractivity contribution is 0.486. The molecule has 0 radical (unpaired) electrons. The van der Waals surface area contributed by atoms with Crippen molar-refractivity contribution in [2.24, 2.45) is 0 Å². The van der Waals surface area contributed by atoms with Gasteiger partial charge < -0.3 is 4.42 Å². The van der Waals surface area contributed by atoms with E-state index in [9.17, 15) is 4.79 Å². The summed E-state index contributed by atoms with van der Waals surface area (Å²) in [6.07, 6.45) is 0. The summed E-state index contributed by atoms with van der Waals surface area (Å²) in [6.45, 7) is 1.72. The van der Waals surface area contributed by atoms with Crippen LogP contribution in [0.15, 0.2) is 24.4 Å². The van der Waals surface area contributed by atoms with Gasteiger partial charge in [0.15, 0.2) is 10.1 Å². The maximum Gasteiger partial charge on any atom is 0.200 e. The van der Waals surface area contributed by atoms with Gasteiger partial charge in [-0.2, -0.15) is 0 Å². The summed E-state index contributed by atoms with van der Waals surface area (Å²) in [5, 5.41) is 0. The van der Waals surface area contributed by atoms with E-state index in [0.29, 0.717) is 14.9 Å². The zero-order valence-corrected chi connectivity index (χ0v) is 8.32. The smallest absolute Gasteiger partial charge is 0.200 e. The van der Waals surface area contributed by atoms with Crippen molar-refractivity contribution >= 4 is 31.9 Å². The van der Waals surface area contributed by atoms with E-state index in [4.69, 9.17) is 4.42 Å². The van der Waals surface area contributed by atoms with Gasteiger partial charge in [0.1, 0.15) is 10.2 Å². The Hall–Kier alpha value is -0.0900. The largest absolute Gasteiger partial charge is 0.453 e. The third kappa shape index (κ3) is 1.49. The van der Waals surface area contributed by atoms with Crippen molar-refractivity contribution in [1.82, 2.24) is 0 Å². The molecule has 0 aliphatic rings. The van der Waals surface area contributed by atoms with Crippen LogP contribution in [0.3, 0.4) is 0 Å². The minimum atomic E-state index is -0.0735. The lowest BCUT2D eigenvalue weighted by Gasteiger charge is -1.94. The highest BCUT2D eigenvalue weighted by Gasteiger charge is 2.02. The first kappa shape index (κ1) is 8.01. The molecule has 1 aromatic rings. The summed E-state index contributed by atoms with van der Waals surface area (Å²) in [4.78, 5) is 10.9. The highest BCUT2D eigenvalue weighted by atomic mass is 79.9. The molecule has 0 N–H and O–H groups in total. The third-order valence-corrected chi connectivity index (χ3v) is 2.36. The number of hydrogen-bond acceptors (Lipinski definition) is 2. The summed E-state index contributed by atoms with van der Waals surface area (Å²) in [5.41, 5.74) is -0.0735. The molecule has 2 nitrogen and oxygen atoms in total. The molecule has 0 saturated carbocycles. The molecule has 0 saturated heterocycles. The maximum absolute atomic E-state index is 10.9. The minimum Gasteiger partial charge on any atom is -0.453 e. The van der Waals surface area contributed by atoms with Gasteiger partial charge in [-0.3, -0.25) is 4.79 Å². The van der Waals surface area contributed by atoms with Crippen LogP contribution >= 0.6 is 31.9 Å². The fourth-order valence-electron chi connectivity index (χ4n) is 0.560. The predicted octanol–water partition coefficient (Wildman–Crippen LogP) is 2.47. The van der Waals surface area contributed by atoms with E-state index in [-0.39, 0.29) is 5.43 Å². The Morgan fingerprint density at radius 1 is 1.50 bits per heavy atom. The quantitative estimate of drug-likeness (QED) is 0.723. The molecular weight excluding hydrogens is 264 g/mol. The van der Waals surface area contributed by atoms with Crippen molar-refractivity contribution in [3.63, 3.8) is 0 Å². The molecule has 0 spiro atoms. The topological polar surface area (TPSA) is 30.2 Å². The van der Waals surface area contributed by atoms with Gasteiger partial charge in [0.25, 0.3) is 0 Å². The van der Waals surface area contributed by atoms with Crippen LogP contribution in [0.2, 0.25) is 0 Å². The molecule has 10 heavy (non-hydrogen) atoms. The van der Waals surface area contributed by atoms with Crippen LogP contribution in [0.25, 0.3) is 0 Å². The fraction of sp³-hybridized carbons (Fsp3) is 0.167. The van der Waals surface area contributed by atoms with E-state index < -0.39 is 0 Å². The van der Waals surface area contributed by atoms with Crippen LogP contribution in [0.1, 0.15) is 5.76 Å². The lowest BCUT2D eigenvalue weighted by atomic mass is 10.4. The highest BCUT2D eigenvalue weighted by Crippen LogP contribution is 2.15. The SMILES string of the molecule is Cc1oc(Br)cc(=O)c1Br. The first-order chi connectivity index (χ1) is 4.61. The molecule has 1 heterocycles. The van der Waals surface area contributed by atoms with E-state index in [1.165, 1.54) is 6.07 Å². The Morgan fingerprint density at radius 2 is 2.10 bits per heavy atom. The van der Waals surface area contributed by atoms with Gasteiger partial charge in [0.05, 0.1) is 0 Å². The molecule has 0 bridgehead atoms. The summed E-state index contributed by atoms with van der Waals surface area (Å²) in [6, 6.07) is 1.37. The summed E-state index contributed by atoms with van der Waals surface area (Å²) >= 11 is 6.15. The second-order valence-corrected chi connectivity index (χ2v) is 3.36. The van der Waals surface area contributed by atoms with Gasteiger partial charge in [0, 0.05) is 6.07 Å². The molecule has 4 heteroatoms. The Labute approximate surface area is 74.5 Å². The standard InChI is InChI=1S/C6H4Br2O2/c1-3-6(8)4(9)2-5(7)10-3/h2H,1H3. The van der Waals surface area contributed by atoms with Gasteiger partial charge >= 0.3 is 0 Å². The number of rotatable bonds is 0. The van der Waals surface area contributed by atoms with Crippen LogP contribution in [0, 0.1) is 6.92 Å². The molecule has 0 aliphatic carbocycles.